The van der Waals surface area contributed by atoms with Gasteiger partial charge in [0.2, 0.25) is 6.41 Å². The van der Waals surface area contributed by atoms with Gasteiger partial charge in [-0.25, -0.2) is 4.90 Å². The fourth-order valence-electron chi connectivity index (χ4n) is 6.23. The summed E-state index contributed by atoms with van der Waals surface area (Å²) in [5, 5.41) is 30.1. The summed E-state index contributed by atoms with van der Waals surface area (Å²) in [6.45, 7) is 1.87. The van der Waals surface area contributed by atoms with Gasteiger partial charge in [-0.15, -0.1) is 0 Å². The molecule has 2 aromatic carbocycles. The van der Waals surface area contributed by atoms with Gasteiger partial charge in [-0.3, -0.25) is 14.5 Å². The number of hydrogen-bond acceptors (Lipinski definition) is 6. The Bertz CT molecular complexity index is 1060. The number of aliphatic hydroxyl groups excluding tert-OH is 1. The van der Waals surface area contributed by atoms with Crippen LogP contribution in [0.15, 0.2) is 54.6 Å². The number of nitrogens with zero attached hydrogens (tertiary/aromatic N) is 2. The van der Waals surface area contributed by atoms with E-state index in [1.807, 2.05) is 40.1 Å². The molecule has 5 unspecified atom stereocenters. The number of hydrogen-bond donors (Lipinski definition) is 3. The van der Waals surface area contributed by atoms with Crippen molar-refractivity contribution in [1.29, 1.82) is 0 Å². The number of rotatable bonds is 8. The molecule has 3 fully saturated rings. The lowest BCUT2D eigenvalue weighted by Crippen LogP contribution is -2.61. The second-order valence-electron chi connectivity index (χ2n) is 9.89. The molecule has 8 nitrogen and oxygen atoms in total. The molecule has 0 aliphatic carbocycles. The van der Waals surface area contributed by atoms with Gasteiger partial charge in [-0.1, -0.05) is 54.6 Å². The van der Waals surface area contributed by atoms with Crippen molar-refractivity contribution in [2.75, 3.05) is 19.6 Å². The molecule has 186 valence electrons. The molecule has 0 spiro atoms. The fourth-order valence-corrected chi connectivity index (χ4v) is 6.23. The number of carboxylic acids is 2. The zero-order valence-electron chi connectivity index (χ0n) is 19.6. The minimum absolute atomic E-state index is 0.0857. The van der Waals surface area contributed by atoms with Gasteiger partial charge in [-0.05, 0) is 48.4 Å². The molecule has 0 radical (unpaired) electrons. The van der Waals surface area contributed by atoms with Gasteiger partial charge in [0.25, 0.3) is 0 Å². The molecule has 7 atom stereocenters. The van der Waals surface area contributed by atoms with Crippen molar-refractivity contribution in [3.05, 3.63) is 71.3 Å². The molecular formula is C27H32N2O6. The van der Waals surface area contributed by atoms with Crippen LogP contribution in [0.2, 0.25) is 0 Å². The van der Waals surface area contributed by atoms with Crippen molar-refractivity contribution in [2.45, 2.75) is 50.3 Å². The Morgan fingerprint density at radius 2 is 1.77 bits per heavy atom. The van der Waals surface area contributed by atoms with Crippen molar-refractivity contribution in [3.63, 3.8) is 0 Å². The highest BCUT2D eigenvalue weighted by Crippen LogP contribution is 2.40. The number of carbonyl (C=O) groups is 2. The Labute approximate surface area is 204 Å². The van der Waals surface area contributed by atoms with Crippen molar-refractivity contribution >= 4 is 11.9 Å². The van der Waals surface area contributed by atoms with Gasteiger partial charge in [0.15, 0.2) is 0 Å². The monoisotopic (exact) mass is 480 g/mol. The first-order valence-corrected chi connectivity index (χ1v) is 12.3. The average Bonchev–Trinajstić information content (AvgIpc) is 2.87. The van der Waals surface area contributed by atoms with Gasteiger partial charge in [0, 0.05) is 19.1 Å². The molecule has 0 amide bonds. The van der Waals surface area contributed by atoms with Crippen LogP contribution in [0.5, 0.6) is 0 Å². The minimum Gasteiger partial charge on any atom is -0.481 e. The first-order valence-electron chi connectivity index (χ1n) is 12.3. The molecule has 6 rings (SSSR count). The summed E-state index contributed by atoms with van der Waals surface area (Å²) in [5.74, 6) is -3.02. The molecule has 0 saturated carbocycles. The van der Waals surface area contributed by atoms with E-state index < -0.39 is 24.3 Å². The van der Waals surface area contributed by atoms with Crippen molar-refractivity contribution in [1.82, 2.24) is 9.80 Å². The predicted octanol–water partition coefficient (Wildman–Crippen LogP) is 2.56. The fraction of sp³-hybridized carbons (Fsp3) is 0.481. The SMILES string of the molecule is O=C(O)CC(C(=O)O)C1CC2CCN1C[C@@H]2OC(O)N1CCc2ccccc2[C@@H]1c1ccccc1. The third-order valence-electron chi connectivity index (χ3n) is 7.93. The third kappa shape index (κ3) is 4.84. The third-order valence-corrected chi connectivity index (χ3v) is 7.93. The van der Waals surface area contributed by atoms with E-state index in [1.54, 1.807) is 0 Å². The molecule has 4 heterocycles. The number of aliphatic carboxylic acids is 2. The highest BCUT2D eigenvalue weighted by Gasteiger charge is 2.47. The highest BCUT2D eigenvalue weighted by molar-refractivity contribution is 5.78. The summed E-state index contributed by atoms with van der Waals surface area (Å²) in [7, 11) is 0. The van der Waals surface area contributed by atoms with Gasteiger partial charge in [0.05, 0.1) is 24.5 Å². The second-order valence-corrected chi connectivity index (χ2v) is 9.89. The number of fused-ring (bicyclic) bond motifs is 4. The lowest BCUT2D eigenvalue weighted by molar-refractivity contribution is -0.255. The van der Waals surface area contributed by atoms with Crippen LogP contribution in [0, 0.1) is 11.8 Å². The van der Waals surface area contributed by atoms with Crippen LogP contribution in [0.3, 0.4) is 0 Å². The van der Waals surface area contributed by atoms with Gasteiger partial charge in [-0.2, -0.15) is 0 Å². The normalized spacial score (nSPS) is 29.8. The first-order chi connectivity index (χ1) is 16.9. The molecule has 4 aliphatic heterocycles. The summed E-state index contributed by atoms with van der Waals surface area (Å²) in [6, 6.07) is 18.0. The smallest absolute Gasteiger partial charge is 0.308 e. The van der Waals surface area contributed by atoms with Gasteiger partial charge in [0.1, 0.15) is 0 Å². The average molecular weight is 481 g/mol. The maximum Gasteiger partial charge on any atom is 0.308 e. The predicted molar refractivity (Wildman–Crippen MR) is 127 cm³/mol. The molecule has 3 N–H and O–H groups in total. The van der Waals surface area contributed by atoms with Crippen LogP contribution < -0.4 is 0 Å². The minimum atomic E-state index is -1.10. The number of piperidine rings is 3. The molecule has 8 heteroatoms. The van der Waals surface area contributed by atoms with E-state index in [2.05, 4.69) is 24.3 Å². The van der Waals surface area contributed by atoms with Gasteiger partial charge < -0.3 is 20.1 Å². The van der Waals surface area contributed by atoms with Crippen molar-refractivity contribution in [2.24, 2.45) is 11.8 Å². The molecule has 2 bridgehead atoms. The maximum atomic E-state index is 11.8. The Morgan fingerprint density at radius 3 is 2.46 bits per heavy atom. The number of aliphatic hydroxyl groups is 1. The van der Waals surface area contributed by atoms with Crippen molar-refractivity contribution < 1.29 is 29.6 Å². The standard InChI is InChI=1S/C27H32N2O6/c30-24(31)15-21(26(32)33)22-14-19-10-12-28(22)16-23(19)35-27(34)29-13-11-17-6-4-5-9-20(17)25(29)18-7-2-1-3-8-18/h1-9,19,21-23,25,27,34H,10-16H2,(H,30,31)(H,32,33)/t19?,21?,22?,23-,25-,27?/m0/s1. The quantitative estimate of drug-likeness (QED) is 0.495. The lowest BCUT2D eigenvalue weighted by Gasteiger charge is -2.52. The second kappa shape index (κ2) is 10.1. The Balaban J connectivity index is 1.32. The summed E-state index contributed by atoms with van der Waals surface area (Å²) in [4.78, 5) is 27.1. The van der Waals surface area contributed by atoms with E-state index in [-0.39, 0.29) is 30.5 Å². The Hall–Kier alpha value is -2.78. The molecule has 2 aromatic rings. The first kappa shape index (κ1) is 23.9. The molecule has 3 saturated heterocycles. The topological polar surface area (TPSA) is 111 Å². The number of benzene rings is 2. The van der Waals surface area contributed by atoms with Crippen LogP contribution in [0.1, 0.15) is 42.0 Å². The van der Waals surface area contributed by atoms with Crippen molar-refractivity contribution in [3.8, 4) is 0 Å². The number of ether oxygens (including phenoxy) is 1. The zero-order valence-corrected chi connectivity index (χ0v) is 19.6. The summed E-state index contributed by atoms with van der Waals surface area (Å²) >= 11 is 0. The summed E-state index contributed by atoms with van der Waals surface area (Å²) in [6.07, 6.45) is 0.501. The van der Waals surface area contributed by atoms with E-state index in [9.17, 15) is 24.9 Å². The van der Waals surface area contributed by atoms with Crippen LogP contribution >= 0.6 is 0 Å². The summed E-state index contributed by atoms with van der Waals surface area (Å²) in [5.41, 5.74) is 3.53. The Morgan fingerprint density at radius 1 is 1.03 bits per heavy atom. The molecule has 35 heavy (non-hydrogen) atoms. The van der Waals surface area contributed by atoms with Crippen LogP contribution in [-0.2, 0) is 20.7 Å². The molecule has 0 aromatic heterocycles. The van der Waals surface area contributed by atoms with Gasteiger partial charge >= 0.3 is 11.9 Å². The summed E-state index contributed by atoms with van der Waals surface area (Å²) < 4.78 is 6.28. The van der Waals surface area contributed by atoms with E-state index in [0.29, 0.717) is 19.5 Å². The number of carboxylic acid groups (broad SMARTS) is 2. The largest absolute Gasteiger partial charge is 0.481 e. The van der Waals surface area contributed by atoms with E-state index in [4.69, 9.17) is 4.74 Å². The lowest BCUT2D eigenvalue weighted by atomic mass is 9.76. The maximum absolute atomic E-state index is 11.8. The molecule has 4 aliphatic rings. The van der Waals surface area contributed by atoms with Crippen LogP contribution in [-0.4, -0.2) is 75.3 Å². The molecular weight excluding hydrogens is 448 g/mol. The van der Waals surface area contributed by atoms with E-state index in [0.717, 1.165) is 24.9 Å². The highest BCUT2D eigenvalue weighted by atomic mass is 16.6. The van der Waals surface area contributed by atoms with Crippen LogP contribution in [0.4, 0.5) is 0 Å². The zero-order chi connectivity index (χ0) is 24.5. The van der Waals surface area contributed by atoms with Crippen LogP contribution in [0.25, 0.3) is 0 Å². The van der Waals surface area contributed by atoms with E-state index >= 15 is 0 Å². The van der Waals surface area contributed by atoms with E-state index in [1.165, 1.54) is 11.1 Å². The Kier molecular flexibility index (Phi) is 6.88.